The third-order valence-electron chi connectivity index (χ3n) is 3.30. The first-order chi connectivity index (χ1) is 11.6. The molecule has 0 atom stereocenters. The Kier molecular flexibility index (Phi) is 7.76. The molecule has 4 nitrogen and oxygen atoms in total. The molecule has 7 heteroatoms. The number of hydrogen-bond acceptors (Lipinski definition) is 5. The number of rotatable bonds is 8. The second-order valence-electron chi connectivity index (χ2n) is 5.22. The van der Waals surface area contributed by atoms with Crippen LogP contribution >= 0.6 is 39.0 Å². The molecule has 2 aromatic rings. The van der Waals surface area contributed by atoms with Crippen molar-refractivity contribution in [1.82, 2.24) is 4.98 Å². The molecule has 1 N–H and O–H groups in total. The maximum Gasteiger partial charge on any atom is 0.226 e. The van der Waals surface area contributed by atoms with Crippen LogP contribution in [0.15, 0.2) is 32.9 Å². The molecule has 0 aliphatic heterocycles. The summed E-state index contributed by atoms with van der Waals surface area (Å²) in [6.07, 6.45) is 3.30. The molecule has 0 bridgehead atoms. The Morgan fingerprint density at radius 1 is 1.38 bits per heavy atom. The first-order valence-corrected chi connectivity index (χ1v) is 10.2. The minimum Gasteiger partial charge on any atom is -0.302 e. The van der Waals surface area contributed by atoms with Gasteiger partial charge in [-0.15, -0.1) is 0 Å². The molecule has 1 aromatic heterocycles. The zero-order chi connectivity index (χ0) is 17.4. The molecule has 0 spiro atoms. The molecular formula is C17H18BrN3OS2. The maximum absolute atomic E-state index is 12.0. The van der Waals surface area contributed by atoms with E-state index in [1.54, 1.807) is 0 Å². The van der Waals surface area contributed by atoms with Gasteiger partial charge in [0, 0.05) is 10.9 Å². The monoisotopic (exact) mass is 423 g/mol. The fraction of sp³-hybridized carbons (Fsp3) is 0.353. The number of nitriles is 1. The topological polar surface area (TPSA) is 65.8 Å². The smallest absolute Gasteiger partial charge is 0.226 e. The second kappa shape index (κ2) is 9.82. The average Bonchev–Trinajstić information content (AvgIpc) is 2.90. The molecule has 0 radical (unpaired) electrons. The van der Waals surface area contributed by atoms with Crippen LogP contribution in [0, 0.1) is 18.3 Å². The van der Waals surface area contributed by atoms with Gasteiger partial charge in [-0.05, 0) is 43.9 Å². The predicted molar refractivity (Wildman–Crippen MR) is 104 cm³/mol. The lowest BCUT2D eigenvalue weighted by Crippen LogP contribution is -2.10. The largest absolute Gasteiger partial charge is 0.302 e. The number of aromatic nitrogens is 1. The van der Waals surface area contributed by atoms with E-state index in [-0.39, 0.29) is 5.91 Å². The van der Waals surface area contributed by atoms with Crippen molar-refractivity contribution in [3.8, 4) is 6.07 Å². The Morgan fingerprint density at radius 2 is 2.12 bits per heavy atom. The summed E-state index contributed by atoms with van der Waals surface area (Å²) in [7, 11) is 0. The van der Waals surface area contributed by atoms with Gasteiger partial charge >= 0.3 is 0 Å². The van der Waals surface area contributed by atoms with Crippen LogP contribution in [0.25, 0.3) is 0 Å². The van der Waals surface area contributed by atoms with Gasteiger partial charge in [0.1, 0.15) is 0 Å². The number of nitrogens with zero attached hydrogens (tertiary/aromatic N) is 2. The Labute approximate surface area is 158 Å². The summed E-state index contributed by atoms with van der Waals surface area (Å²) in [5.41, 5.74) is 2.15. The Hall–Kier alpha value is -1.36. The highest BCUT2D eigenvalue weighted by atomic mass is 79.9. The third kappa shape index (κ3) is 6.27. The van der Waals surface area contributed by atoms with Gasteiger partial charge in [0.15, 0.2) is 5.13 Å². The van der Waals surface area contributed by atoms with Gasteiger partial charge in [0.05, 0.1) is 21.7 Å². The fourth-order valence-corrected chi connectivity index (χ4v) is 4.20. The highest BCUT2D eigenvalue weighted by Crippen LogP contribution is 2.31. The van der Waals surface area contributed by atoms with E-state index in [4.69, 9.17) is 5.26 Å². The quantitative estimate of drug-likeness (QED) is 0.468. The van der Waals surface area contributed by atoms with Gasteiger partial charge < -0.3 is 5.32 Å². The fourth-order valence-electron chi connectivity index (χ4n) is 2.12. The molecule has 24 heavy (non-hydrogen) atoms. The summed E-state index contributed by atoms with van der Waals surface area (Å²) < 4.78 is 2.07. The van der Waals surface area contributed by atoms with Crippen LogP contribution in [-0.4, -0.2) is 16.6 Å². The molecule has 0 saturated heterocycles. The van der Waals surface area contributed by atoms with E-state index in [0.717, 1.165) is 33.6 Å². The van der Waals surface area contributed by atoms with Crippen LogP contribution in [0.5, 0.6) is 0 Å². The van der Waals surface area contributed by atoms with Gasteiger partial charge in [-0.1, -0.05) is 51.2 Å². The summed E-state index contributed by atoms with van der Waals surface area (Å²) in [4.78, 5) is 16.3. The number of halogens is 1. The Morgan fingerprint density at radius 3 is 2.83 bits per heavy atom. The molecule has 0 fully saturated rings. The summed E-state index contributed by atoms with van der Waals surface area (Å²) >= 11 is 6.31. The van der Waals surface area contributed by atoms with E-state index in [1.165, 1.54) is 28.7 Å². The van der Waals surface area contributed by atoms with Gasteiger partial charge in [0.25, 0.3) is 0 Å². The number of nitrogens with one attached hydrogen (secondary N) is 1. The number of hydrogen-bond donors (Lipinski definition) is 1. The van der Waals surface area contributed by atoms with Crippen molar-refractivity contribution in [1.29, 1.82) is 5.26 Å². The number of amides is 1. The lowest BCUT2D eigenvalue weighted by atomic mass is 10.1. The van der Waals surface area contributed by atoms with E-state index in [0.29, 0.717) is 17.3 Å². The van der Waals surface area contributed by atoms with Crippen molar-refractivity contribution in [2.24, 2.45) is 0 Å². The molecule has 126 valence electrons. The van der Waals surface area contributed by atoms with E-state index >= 15 is 0 Å². The van der Waals surface area contributed by atoms with Crippen molar-refractivity contribution in [2.75, 3.05) is 11.1 Å². The molecule has 1 aromatic carbocycles. The highest BCUT2D eigenvalue weighted by Gasteiger charge is 2.10. The molecule has 1 amide bonds. The lowest BCUT2D eigenvalue weighted by Gasteiger charge is -2.03. The molecule has 0 saturated carbocycles. The van der Waals surface area contributed by atoms with Gasteiger partial charge in [0.2, 0.25) is 5.91 Å². The van der Waals surface area contributed by atoms with Crippen molar-refractivity contribution in [3.63, 3.8) is 0 Å². The van der Waals surface area contributed by atoms with Gasteiger partial charge in [-0.25, -0.2) is 4.98 Å². The summed E-state index contributed by atoms with van der Waals surface area (Å²) in [6, 6.07) is 10.4. The maximum atomic E-state index is 12.0. The van der Waals surface area contributed by atoms with E-state index in [1.807, 2.05) is 19.1 Å². The Bertz CT molecular complexity index is 722. The van der Waals surface area contributed by atoms with Gasteiger partial charge in [-0.3, -0.25) is 4.79 Å². The predicted octanol–water partition coefficient (Wildman–Crippen LogP) is 5.18. The van der Waals surface area contributed by atoms with E-state index in [9.17, 15) is 4.79 Å². The Balaban J connectivity index is 1.71. The summed E-state index contributed by atoms with van der Waals surface area (Å²) in [6.45, 7) is 1.89. The van der Waals surface area contributed by atoms with Crippen LogP contribution in [0.1, 0.15) is 30.5 Å². The number of carbonyl (C=O) groups is 1. The van der Waals surface area contributed by atoms with Crippen molar-refractivity contribution in [2.45, 2.75) is 36.8 Å². The SMILES string of the molecule is Cc1nc(NC(=O)CCCCc2ccc(Br)cc2)sc1SCC#N. The number of thioether (sulfide) groups is 1. The minimum absolute atomic E-state index is 0.00334. The van der Waals surface area contributed by atoms with E-state index in [2.05, 4.69) is 44.4 Å². The molecular weight excluding hydrogens is 406 g/mol. The molecule has 0 aliphatic rings. The third-order valence-corrected chi connectivity index (χ3v) is 6.13. The summed E-state index contributed by atoms with van der Waals surface area (Å²) in [5.74, 6) is 0.392. The molecule has 0 unspecified atom stereocenters. The first kappa shape index (κ1) is 19.0. The number of benzene rings is 1. The zero-order valence-electron chi connectivity index (χ0n) is 13.3. The summed E-state index contributed by atoms with van der Waals surface area (Å²) in [5, 5.41) is 12.1. The van der Waals surface area contributed by atoms with Crippen LogP contribution in [0.4, 0.5) is 5.13 Å². The number of anilines is 1. The second-order valence-corrected chi connectivity index (χ2v) is 8.38. The lowest BCUT2D eigenvalue weighted by molar-refractivity contribution is -0.116. The molecule has 2 rings (SSSR count). The average molecular weight is 424 g/mol. The highest BCUT2D eigenvalue weighted by molar-refractivity contribution is 9.10. The van der Waals surface area contributed by atoms with Crippen LogP contribution in [-0.2, 0) is 11.2 Å². The standard InChI is InChI=1S/C17H18BrN3OS2/c1-12-16(23-11-10-19)24-17(20-12)21-15(22)5-3-2-4-13-6-8-14(18)9-7-13/h6-9H,2-5,11H2,1H3,(H,20,21,22). The van der Waals surface area contributed by atoms with Crippen LogP contribution < -0.4 is 5.32 Å². The number of aryl methyl sites for hydroxylation is 2. The molecule has 1 heterocycles. The van der Waals surface area contributed by atoms with Gasteiger partial charge in [-0.2, -0.15) is 5.26 Å². The minimum atomic E-state index is -0.00334. The number of thiazole rings is 1. The van der Waals surface area contributed by atoms with Crippen molar-refractivity contribution >= 4 is 50.1 Å². The number of unbranched alkanes of at least 4 members (excludes halogenated alkanes) is 1. The first-order valence-electron chi connectivity index (χ1n) is 7.60. The number of carbonyl (C=O) groups excluding carboxylic acids is 1. The van der Waals surface area contributed by atoms with Crippen LogP contribution in [0.3, 0.4) is 0 Å². The molecule has 0 aliphatic carbocycles. The van der Waals surface area contributed by atoms with Crippen LogP contribution in [0.2, 0.25) is 0 Å². The van der Waals surface area contributed by atoms with Crippen molar-refractivity contribution in [3.05, 3.63) is 40.0 Å². The van der Waals surface area contributed by atoms with Crippen molar-refractivity contribution < 1.29 is 4.79 Å². The van der Waals surface area contributed by atoms with E-state index < -0.39 is 0 Å². The normalized spacial score (nSPS) is 10.4. The zero-order valence-corrected chi connectivity index (χ0v) is 16.6.